The summed E-state index contributed by atoms with van der Waals surface area (Å²) in [6, 6.07) is 0. The van der Waals surface area contributed by atoms with Crippen molar-refractivity contribution in [2.24, 2.45) is 0 Å². The standard InChI is InChI=1S/C7H17O6PS/c1-4-11-14(8,12-5-2)7-6-13-15(3,9)10/h4-7H2,1-3H3. The highest BCUT2D eigenvalue weighted by molar-refractivity contribution is 7.86. The lowest BCUT2D eigenvalue weighted by atomic mass is 10.9. The maximum Gasteiger partial charge on any atom is 0.333 e. The Bertz CT molecular complexity index is 301. The van der Waals surface area contributed by atoms with Crippen LogP contribution in [0.2, 0.25) is 0 Å². The van der Waals surface area contributed by atoms with Gasteiger partial charge in [-0.1, -0.05) is 0 Å². The summed E-state index contributed by atoms with van der Waals surface area (Å²) >= 11 is 0. The van der Waals surface area contributed by atoms with E-state index in [1.165, 1.54) is 0 Å². The van der Waals surface area contributed by atoms with Gasteiger partial charge in [-0.15, -0.1) is 0 Å². The third-order valence-corrected chi connectivity index (χ3v) is 3.94. The predicted molar refractivity (Wildman–Crippen MR) is 56.5 cm³/mol. The molecule has 0 rings (SSSR count). The first-order chi connectivity index (χ1) is 6.83. The molecule has 0 unspecified atom stereocenters. The van der Waals surface area contributed by atoms with Gasteiger partial charge in [-0.2, -0.15) is 8.42 Å². The van der Waals surface area contributed by atoms with Crippen LogP contribution >= 0.6 is 7.60 Å². The fourth-order valence-corrected chi connectivity index (χ4v) is 2.80. The minimum atomic E-state index is -3.51. The monoisotopic (exact) mass is 260 g/mol. The molecular weight excluding hydrogens is 243 g/mol. The van der Waals surface area contributed by atoms with Gasteiger partial charge in [-0.3, -0.25) is 8.75 Å². The van der Waals surface area contributed by atoms with Crippen molar-refractivity contribution in [2.75, 3.05) is 32.2 Å². The van der Waals surface area contributed by atoms with E-state index < -0.39 is 17.7 Å². The zero-order valence-electron chi connectivity index (χ0n) is 9.13. The van der Waals surface area contributed by atoms with E-state index in [-0.39, 0.29) is 26.0 Å². The van der Waals surface area contributed by atoms with Gasteiger partial charge in [-0.25, -0.2) is 0 Å². The van der Waals surface area contributed by atoms with Gasteiger partial charge in [-0.05, 0) is 13.8 Å². The SMILES string of the molecule is CCOP(=O)(CCOS(C)(=O)=O)OCC. The Hall–Kier alpha value is 0.0600. The summed E-state index contributed by atoms with van der Waals surface area (Å²) < 4.78 is 47.4. The van der Waals surface area contributed by atoms with Crippen LogP contribution in [0.3, 0.4) is 0 Å². The van der Waals surface area contributed by atoms with Gasteiger partial charge < -0.3 is 9.05 Å². The summed E-state index contributed by atoms with van der Waals surface area (Å²) in [4.78, 5) is 0. The first kappa shape index (κ1) is 15.1. The third-order valence-electron chi connectivity index (χ3n) is 1.31. The zero-order chi connectivity index (χ0) is 11.9. The molecule has 0 heterocycles. The van der Waals surface area contributed by atoms with Crippen LogP contribution in [0, 0.1) is 0 Å². The van der Waals surface area contributed by atoms with Gasteiger partial charge in [0.15, 0.2) is 0 Å². The number of hydrogen-bond acceptors (Lipinski definition) is 6. The second kappa shape index (κ2) is 6.60. The first-order valence-electron chi connectivity index (χ1n) is 4.55. The van der Waals surface area contributed by atoms with Crippen LogP contribution in [0.4, 0.5) is 0 Å². The molecule has 0 aromatic rings. The van der Waals surface area contributed by atoms with Gasteiger partial charge in [0.2, 0.25) is 0 Å². The van der Waals surface area contributed by atoms with E-state index in [1.807, 2.05) is 0 Å². The van der Waals surface area contributed by atoms with Crippen molar-refractivity contribution in [3.05, 3.63) is 0 Å². The summed E-state index contributed by atoms with van der Waals surface area (Å²) in [5.41, 5.74) is 0. The van der Waals surface area contributed by atoms with E-state index in [0.29, 0.717) is 0 Å². The van der Waals surface area contributed by atoms with Crippen LogP contribution in [0.5, 0.6) is 0 Å². The number of hydrogen-bond donors (Lipinski definition) is 0. The Labute approximate surface area is 90.6 Å². The Morgan fingerprint density at radius 3 is 1.93 bits per heavy atom. The topological polar surface area (TPSA) is 78.9 Å². The van der Waals surface area contributed by atoms with Gasteiger partial charge in [0.1, 0.15) is 0 Å². The molecule has 15 heavy (non-hydrogen) atoms. The molecule has 0 aliphatic heterocycles. The molecule has 0 aliphatic rings. The molecule has 0 aromatic heterocycles. The molecule has 0 amide bonds. The third kappa shape index (κ3) is 7.93. The van der Waals surface area contributed by atoms with Gasteiger partial charge in [0.25, 0.3) is 10.1 Å². The van der Waals surface area contributed by atoms with Crippen LogP contribution in [0.25, 0.3) is 0 Å². The van der Waals surface area contributed by atoms with Crippen LogP contribution in [0.1, 0.15) is 13.8 Å². The Morgan fingerprint density at radius 2 is 1.60 bits per heavy atom. The molecule has 0 fully saturated rings. The minimum absolute atomic E-state index is 0.0677. The molecule has 0 N–H and O–H groups in total. The molecule has 6 nitrogen and oxygen atoms in total. The van der Waals surface area contributed by atoms with Crippen LogP contribution in [-0.4, -0.2) is 40.7 Å². The van der Waals surface area contributed by atoms with Crippen molar-refractivity contribution in [3.63, 3.8) is 0 Å². The fraction of sp³-hybridized carbons (Fsp3) is 1.00. The molecule has 0 aromatic carbocycles. The number of rotatable bonds is 8. The summed E-state index contributed by atoms with van der Waals surface area (Å²) in [5, 5.41) is 0. The van der Waals surface area contributed by atoms with E-state index in [1.54, 1.807) is 13.8 Å². The fourth-order valence-electron chi connectivity index (χ4n) is 0.860. The lowest BCUT2D eigenvalue weighted by Crippen LogP contribution is -2.10. The van der Waals surface area contributed by atoms with Crippen molar-refractivity contribution in [3.8, 4) is 0 Å². The normalized spacial score (nSPS) is 13.0. The van der Waals surface area contributed by atoms with E-state index in [4.69, 9.17) is 9.05 Å². The molecule has 0 radical (unpaired) electrons. The van der Waals surface area contributed by atoms with Crippen LogP contribution in [-0.2, 0) is 27.9 Å². The molecule has 0 bridgehead atoms. The first-order valence-corrected chi connectivity index (χ1v) is 8.10. The Balaban J connectivity index is 4.13. The molecule has 0 saturated carbocycles. The largest absolute Gasteiger partial charge is 0.333 e. The van der Waals surface area contributed by atoms with E-state index in [9.17, 15) is 13.0 Å². The maximum atomic E-state index is 11.8. The molecule has 0 spiro atoms. The van der Waals surface area contributed by atoms with Crippen molar-refractivity contribution >= 4 is 17.7 Å². The lowest BCUT2D eigenvalue weighted by molar-refractivity contribution is 0.214. The quantitative estimate of drug-likeness (QED) is 0.482. The van der Waals surface area contributed by atoms with Gasteiger partial charge >= 0.3 is 7.60 Å². The molecule has 0 saturated heterocycles. The maximum absolute atomic E-state index is 11.8. The second-order valence-electron chi connectivity index (χ2n) is 2.70. The highest BCUT2D eigenvalue weighted by Crippen LogP contribution is 2.47. The zero-order valence-corrected chi connectivity index (χ0v) is 10.8. The molecule has 8 heteroatoms. The summed E-state index contributed by atoms with van der Waals surface area (Å²) in [5.74, 6) is 0. The van der Waals surface area contributed by atoms with E-state index in [0.717, 1.165) is 6.26 Å². The molecule has 0 aliphatic carbocycles. The van der Waals surface area contributed by atoms with Crippen LogP contribution in [0.15, 0.2) is 0 Å². The second-order valence-corrected chi connectivity index (χ2v) is 6.53. The summed E-state index contributed by atoms with van der Waals surface area (Å²) in [7, 11) is -6.70. The van der Waals surface area contributed by atoms with Crippen LogP contribution < -0.4 is 0 Å². The van der Waals surface area contributed by atoms with E-state index >= 15 is 0 Å². The van der Waals surface area contributed by atoms with Crippen molar-refractivity contribution in [1.82, 2.24) is 0 Å². The highest BCUT2D eigenvalue weighted by atomic mass is 32.2. The molecular formula is C7H17O6PS. The molecule has 0 atom stereocenters. The lowest BCUT2D eigenvalue weighted by Gasteiger charge is -2.16. The highest BCUT2D eigenvalue weighted by Gasteiger charge is 2.23. The predicted octanol–water partition coefficient (Wildman–Crippen LogP) is 1.23. The smallest absolute Gasteiger partial charge is 0.309 e. The van der Waals surface area contributed by atoms with E-state index in [2.05, 4.69) is 4.18 Å². The molecule has 92 valence electrons. The van der Waals surface area contributed by atoms with Crippen molar-refractivity contribution in [2.45, 2.75) is 13.8 Å². The average molecular weight is 260 g/mol. The Morgan fingerprint density at radius 1 is 1.13 bits per heavy atom. The van der Waals surface area contributed by atoms with Gasteiger partial charge in [0.05, 0.1) is 32.2 Å². The Kier molecular flexibility index (Phi) is 6.63. The van der Waals surface area contributed by atoms with Gasteiger partial charge in [0, 0.05) is 0 Å². The van der Waals surface area contributed by atoms with Crippen molar-refractivity contribution < 1.29 is 26.2 Å². The summed E-state index contributed by atoms with van der Waals surface area (Å²) in [6.45, 7) is 3.66. The average Bonchev–Trinajstić information content (AvgIpc) is 2.01. The minimum Gasteiger partial charge on any atom is -0.309 e. The van der Waals surface area contributed by atoms with Crippen molar-refractivity contribution in [1.29, 1.82) is 0 Å². The summed E-state index contributed by atoms with van der Waals surface area (Å²) in [6.07, 6.45) is 0.862.